The summed E-state index contributed by atoms with van der Waals surface area (Å²) in [5, 5.41) is 0. The van der Waals surface area contributed by atoms with Crippen molar-refractivity contribution in [3.05, 3.63) is 48.1 Å². The van der Waals surface area contributed by atoms with Crippen molar-refractivity contribution in [1.82, 2.24) is 0 Å². The van der Waals surface area contributed by atoms with Gasteiger partial charge in [0, 0.05) is 11.1 Å². The highest BCUT2D eigenvalue weighted by Crippen LogP contribution is 2.37. The van der Waals surface area contributed by atoms with E-state index in [0.29, 0.717) is 0 Å². The van der Waals surface area contributed by atoms with Crippen LogP contribution < -0.4 is 11.5 Å². The SMILES string of the molecule is NC1C=CC=C(c2ccccc2S(=O)(=O)O)C1(N)S(=O)(=O)O. The molecule has 2 unspecified atom stereocenters. The quantitative estimate of drug-likeness (QED) is 0.545. The Morgan fingerprint density at radius 1 is 1.09 bits per heavy atom. The maximum Gasteiger partial charge on any atom is 0.295 e. The zero-order chi connectivity index (χ0) is 16.8. The fraction of sp³-hybridized carbons (Fsp3) is 0.167. The van der Waals surface area contributed by atoms with Crippen LogP contribution in [0.2, 0.25) is 0 Å². The first-order chi connectivity index (χ1) is 9.99. The van der Waals surface area contributed by atoms with Gasteiger partial charge in [0.25, 0.3) is 20.2 Å². The van der Waals surface area contributed by atoms with E-state index in [1.54, 1.807) is 0 Å². The molecule has 1 aromatic rings. The molecule has 2 atom stereocenters. The number of rotatable bonds is 3. The number of nitrogens with two attached hydrogens (primary N) is 2. The van der Waals surface area contributed by atoms with E-state index in [4.69, 9.17) is 11.5 Å². The molecule has 6 N–H and O–H groups in total. The molecule has 0 aliphatic heterocycles. The summed E-state index contributed by atoms with van der Waals surface area (Å²) in [4.78, 5) is -2.98. The fourth-order valence-corrected chi connectivity index (χ4v) is 3.83. The lowest BCUT2D eigenvalue weighted by atomic mass is 9.89. The smallest absolute Gasteiger partial charge is 0.295 e. The topological polar surface area (TPSA) is 161 Å². The summed E-state index contributed by atoms with van der Waals surface area (Å²) in [5.41, 5.74) is 11.1. The lowest BCUT2D eigenvalue weighted by Gasteiger charge is -2.35. The molecule has 1 aromatic carbocycles. The van der Waals surface area contributed by atoms with Gasteiger partial charge in [0.05, 0.1) is 6.04 Å². The first-order valence-corrected chi connectivity index (χ1v) is 8.85. The Kier molecular flexibility index (Phi) is 4.02. The van der Waals surface area contributed by atoms with E-state index in [1.165, 1.54) is 36.4 Å². The van der Waals surface area contributed by atoms with E-state index in [1.807, 2.05) is 0 Å². The average Bonchev–Trinajstić information content (AvgIpc) is 2.39. The third-order valence-electron chi connectivity index (χ3n) is 3.38. The molecule has 0 fully saturated rings. The van der Waals surface area contributed by atoms with Crippen molar-refractivity contribution in [2.75, 3.05) is 0 Å². The van der Waals surface area contributed by atoms with Crippen LogP contribution >= 0.6 is 0 Å². The highest BCUT2D eigenvalue weighted by Gasteiger charge is 2.49. The molecule has 1 aliphatic carbocycles. The molecule has 8 nitrogen and oxygen atoms in total. The normalized spacial score (nSPS) is 25.8. The molecule has 0 bridgehead atoms. The van der Waals surface area contributed by atoms with Crippen LogP contribution in [0.15, 0.2) is 47.4 Å². The van der Waals surface area contributed by atoms with Gasteiger partial charge in [-0.25, -0.2) is 0 Å². The van der Waals surface area contributed by atoms with Gasteiger partial charge in [0.2, 0.25) is 0 Å². The monoisotopic (exact) mass is 346 g/mol. The Morgan fingerprint density at radius 2 is 1.68 bits per heavy atom. The zero-order valence-electron chi connectivity index (χ0n) is 11.1. The van der Waals surface area contributed by atoms with Crippen LogP contribution in [-0.4, -0.2) is 36.9 Å². The largest absolute Gasteiger partial charge is 0.322 e. The van der Waals surface area contributed by atoms with E-state index < -0.39 is 36.0 Å². The molecular formula is C12H14N2O6S2. The molecule has 0 aromatic heterocycles. The van der Waals surface area contributed by atoms with E-state index in [-0.39, 0.29) is 11.1 Å². The van der Waals surface area contributed by atoms with Crippen LogP contribution in [0.4, 0.5) is 0 Å². The van der Waals surface area contributed by atoms with Crippen molar-refractivity contribution in [3.8, 4) is 0 Å². The Bertz CT molecular complexity index is 873. The summed E-state index contributed by atoms with van der Waals surface area (Å²) < 4.78 is 65.1. The summed E-state index contributed by atoms with van der Waals surface area (Å²) in [5.74, 6) is 0. The van der Waals surface area contributed by atoms with E-state index >= 15 is 0 Å². The minimum absolute atomic E-state index is 0.162. The summed E-state index contributed by atoms with van der Waals surface area (Å²) in [7, 11) is -9.51. The number of hydrogen-bond acceptors (Lipinski definition) is 6. The summed E-state index contributed by atoms with van der Waals surface area (Å²) in [6, 6.07) is 3.81. The Morgan fingerprint density at radius 3 is 2.23 bits per heavy atom. The van der Waals surface area contributed by atoms with Gasteiger partial charge in [-0.05, 0) is 6.07 Å². The molecule has 1 aliphatic rings. The lowest BCUT2D eigenvalue weighted by molar-refractivity contribution is 0.439. The maximum atomic E-state index is 11.7. The summed E-state index contributed by atoms with van der Waals surface area (Å²) >= 11 is 0. The van der Waals surface area contributed by atoms with E-state index in [9.17, 15) is 25.9 Å². The highest BCUT2D eigenvalue weighted by atomic mass is 32.2. The van der Waals surface area contributed by atoms with Gasteiger partial charge in [0.15, 0.2) is 4.87 Å². The van der Waals surface area contributed by atoms with Crippen molar-refractivity contribution < 1.29 is 25.9 Å². The van der Waals surface area contributed by atoms with Crippen LogP contribution in [0.5, 0.6) is 0 Å². The summed E-state index contributed by atoms with van der Waals surface area (Å²) in [6.45, 7) is 0. The third kappa shape index (κ3) is 2.60. The van der Waals surface area contributed by atoms with E-state index in [2.05, 4.69) is 0 Å². The van der Waals surface area contributed by atoms with E-state index in [0.717, 1.165) is 6.07 Å². The molecule has 0 saturated carbocycles. The molecule has 0 radical (unpaired) electrons. The van der Waals surface area contributed by atoms with Crippen LogP contribution in [0.1, 0.15) is 5.56 Å². The maximum absolute atomic E-state index is 11.7. The van der Waals surface area contributed by atoms with Gasteiger partial charge < -0.3 is 11.5 Å². The van der Waals surface area contributed by atoms with Crippen molar-refractivity contribution in [1.29, 1.82) is 0 Å². The second-order valence-corrected chi connectivity index (χ2v) is 7.75. The first-order valence-electron chi connectivity index (χ1n) is 5.97. The molecule has 22 heavy (non-hydrogen) atoms. The molecule has 10 heteroatoms. The Hall–Kier alpha value is -1.56. The predicted octanol–water partition coefficient (Wildman–Crippen LogP) is -0.243. The molecule has 0 saturated heterocycles. The van der Waals surface area contributed by atoms with Gasteiger partial charge in [-0.2, -0.15) is 16.8 Å². The molecule has 120 valence electrons. The lowest BCUT2D eigenvalue weighted by Crippen LogP contribution is -2.61. The predicted molar refractivity (Wildman–Crippen MR) is 79.8 cm³/mol. The number of allylic oxidation sites excluding steroid dienone is 2. The van der Waals surface area contributed by atoms with Crippen LogP contribution in [-0.2, 0) is 20.2 Å². The van der Waals surface area contributed by atoms with Gasteiger partial charge >= 0.3 is 0 Å². The molecular weight excluding hydrogens is 332 g/mol. The number of benzene rings is 1. The van der Waals surface area contributed by atoms with Crippen LogP contribution in [0.3, 0.4) is 0 Å². The standard InChI is InChI=1S/C12H14N2O6S2/c13-11-7-3-5-9(12(11,14)22(18,19)20)8-4-1-2-6-10(8)21(15,16)17/h1-7,11H,13-14H2,(H,15,16,17)(H,18,19,20). The average molecular weight is 346 g/mol. The summed E-state index contributed by atoms with van der Waals surface area (Å²) in [6.07, 6.45) is 3.87. The van der Waals surface area contributed by atoms with Gasteiger partial charge in [-0.15, -0.1) is 0 Å². The Labute approximate surface area is 127 Å². The van der Waals surface area contributed by atoms with Crippen LogP contribution in [0, 0.1) is 0 Å². The van der Waals surface area contributed by atoms with Gasteiger partial charge in [0.1, 0.15) is 4.90 Å². The molecule has 0 heterocycles. The van der Waals surface area contributed by atoms with Crippen molar-refractivity contribution in [2.24, 2.45) is 11.5 Å². The molecule has 2 rings (SSSR count). The van der Waals surface area contributed by atoms with Gasteiger partial charge in [-0.1, -0.05) is 36.4 Å². The third-order valence-corrected chi connectivity index (χ3v) is 5.64. The Balaban J connectivity index is 2.82. The zero-order valence-corrected chi connectivity index (χ0v) is 12.8. The second-order valence-electron chi connectivity index (χ2n) is 4.73. The second kappa shape index (κ2) is 5.26. The highest BCUT2D eigenvalue weighted by molar-refractivity contribution is 7.88. The van der Waals surface area contributed by atoms with Crippen molar-refractivity contribution in [2.45, 2.75) is 15.8 Å². The van der Waals surface area contributed by atoms with Crippen molar-refractivity contribution in [3.63, 3.8) is 0 Å². The molecule has 0 spiro atoms. The fourth-order valence-electron chi connectivity index (χ4n) is 2.25. The minimum Gasteiger partial charge on any atom is -0.322 e. The number of hydrogen-bond donors (Lipinski definition) is 4. The van der Waals surface area contributed by atoms with Gasteiger partial charge in [-0.3, -0.25) is 9.11 Å². The first kappa shape index (κ1) is 16.8. The van der Waals surface area contributed by atoms with Crippen molar-refractivity contribution >= 4 is 25.8 Å². The minimum atomic E-state index is -4.88. The van der Waals surface area contributed by atoms with Crippen LogP contribution in [0.25, 0.3) is 5.57 Å². The molecule has 0 amide bonds.